The number of nitrogens with one attached hydrogen (secondary N) is 1. The van der Waals surface area contributed by atoms with Crippen molar-refractivity contribution in [2.75, 3.05) is 13.6 Å². The van der Waals surface area contributed by atoms with Crippen LogP contribution in [0.4, 0.5) is 0 Å². The van der Waals surface area contributed by atoms with E-state index >= 15 is 0 Å². The van der Waals surface area contributed by atoms with Gasteiger partial charge < -0.3 is 5.32 Å². The normalized spacial score (nSPS) is 19.2. The molecule has 1 rings (SSSR count). The van der Waals surface area contributed by atoms with Crippen molar-refractivity contribution < 1.29 is 4.79 Å². The zero-order valence-electron chi connectivity index (χ0n) is 8.10. The number of Topliss-reactive ketones (excluding diaryl/α,β-unsaturated/α-hetero) is 1. The topological polar surface area (TPSA) is 29.1 Å². The molecule has 0 aromatic rings. The summed E-state index contributed by atoms with van der Waals surface area (Å²) in [4.78, 5) is 11.4. The van der Waals surface area contributed by atoms with E-state index in [0.29, 0.717) is 5.78 Å². The van der Waals surface area contributed by atoms with Crippen LogP contribution in [0.1, 0.15) is 32.6 Å². The van der Waals surface area contributed by atoms with Crippen molar-refractivity contribution in [1.82, 2.24) is 5.32 Å². The summed E-state index contributed by atoms with van der Waals surface area (Å²) in [6, 6.07) is 0. The first kappa shape index (κ1) is 9.72. The highest BCUT2D eigenvalue weighted by Crippen LogP contribution is 2.33. The predicted molar refractivity (Wildman–Crippen MR) is 50.1 cm³/mol. The lowest BCUT2D eigenvalue weighted by molar-refractivity contribution is -0.122. The van der Waals surface area contributed by atoms with Gasteiger partial charge in [0.2, 0.25) is 0 Å². The fraction of sp³-hybridized carbons (Fsp3) is 0.900. The molecule has 70 valence electrons. The second kappa shape index (κ2) is 4.61. The number of hydrogen-bond acceptors (Lipinski definition) is 2. The van der Waals surface area contributed by atoms with Gasteiger partial charge in [0.15, 0.2) is 0 Å². The van der Waals surface area contributed by atoms with Crippen LogP contribution in [0.2, 0.25) is 0 Å². The molecule has 2 heteroatoms. The largest absolute Gasteiger partial charge is 0.319 e. The van der Waals surface area contributed by atoms with Crippen LogP contribution in [0, 0.1) is 11.8 Å². The molecule has 0 radical (unpaired) electrons. The Bertz CT molecular complexity index is 152. The summed E-state index contributed by atoms with van der Waals surface area (Å²) in [5.74, 6) is 1.51. The lowest BCUT2D eigenvalue weighted by Crippen LogP contribution is -2.23. The first-order valence-electron chi connectivity index (χ1n) is 4.91. The van der Waals surface area contributed by atoms with E-state index in [1.165, 1.54) is 12.8 Å². The third-order valence-electron chi connectivity index (χ3n) is 2.56. The molecule has 0 saturated heterocycles. The molecular formula is C10H19NO. The number of rotatable bonds is 6. The van der Waals surface area contributed by atoms with E-state index in [0.717, 1.165) is 25.3 Å². The van der Waals surface area contributed by atoms with Crippen molar-refractivity contribution in [3.8, 4) is 0 Å². The van der Waals surface area contributed by atoms with Crippen LogP contribution in [-0.2, 0) is 4.79 Å². The van der Waals surface area contributed by atoms with Crippen LogP contribution < -0.4 is 5.32 Å². The van der Waals surface area contributed by atoms with Crippen molar-refractivity contribution in [2.45, 2.75) is 32.6 Å². The van der Waals surface area contributed by atoms with Crippen molar-refractivity contribution in [2.24, 2.45) is 11.8 Å². The third kappa shape index (κ3) is 3.35. The van der Waals surface area contributed by atoms with E-state index in [4.69, 9.17) is 0 Å². The van der Waals surface area contributed by atoms with Crippen LogP contribution in [-0.4, -0.2) is 19.4 Å². The number of carbonyl (C=O) groups excluding carboxylic acids is 1. The van der Waals surface area contributed by atoms with Crippen molar-refractivity contribution in [1.29, 1.82) is 0 Å². The van der Waals surface area contributed by atoms with Crippen LogP contribution in [0.25, 0.3) is 0 Å². The SMILES string of the molecule is CNCC(C)C(=O)CCC1CC1. The monoisotopic (exact) mass is 169 g/mol. The minimum atomic E-state index is 0.203. The lowest BCUT2D eigenvalue weighted by Gasteiger charge is -2.08. The molecule has 0 aromatic carbocycles. The van der Waals surface area contributed by atoms with E-state index in [9.17, 15) is 4.79 Å². The molecule has 0 aliphatic heterocycles. The molecule has 0 bridgehead atoms. The maximum absolute atomic E-state index is 11.4. The minimum Gasteiger partial charge on any atom is -0.319 e. The van der Waals surface area contributed by atoms with Gasteiger partial charge in [0.1, 0.15) is 5.78 Å². The highest BCUT2D eigenvalue weighted by Gasteiger charge is 2.22. The minimum absolute atomic E-state index is 0.203. The standard InChI is InChI=1S/C10H19NO/c1-8(7-11-2)10(12)6-5-9-3-4-9/h8-9,11H,3-7H2,1-2H3. The average Bonchev–Trinajstić information content (AvgIpc) is 2.83. The summed E-state index contributed by atoms with van der Waals surface area (Å²) in [7, 11) is 1.89. The summed E-state index contributed by atoms with van der Waals surface area (Å²) >= 11 is 0. The Morgan fingerprint density at radius 3 is 2.75 bits per heavy atom. The zero-order chi connectivity index (χ0) is 8.97. The van der Waals surface area contributed by atoms with Crippen molar-refractivity contribution in [3.63, 3.8) is 0 Å². The Balaban J connectivity index is 2.07. The van der Waals surface area contributed by atoms with Gasteiger partial charge in [0.25, 0.3) is 0 Å². The van der Waals surface area contributed by atoms with Gasteiger partial charge in [-0.1, -0.05) is 19.8 Å². The smallest absolute Gasteiger partial charge is 0.136 e. The fourth-order valence-corrected chi connectivity index (χ4v) is 1.42. The summed E-state index contributed by atoms with van der Waals surface area (Å²) in [5, 5.41) is 3.03. The molecule has 1 saturated carbocycles. The highest BCUT2D eigenvalue weighted by molar-refractivity contribution is 5.80. The summed E-state index contributed by atoms with van der Waals surface area (Å²) in [6.45, 7) is 2.83. The molecule has 12 heavy (non-hydrogen) atoms. The van der Waals surface area contributed by atoms with Gasteiger partial charge in [-0.05, 0) is 19.4 Å². The Labute approximate surface area is 74.7 Å². The van der Waals surface area contributed by atoms with Crippen LogP contribution in [0.15, 0.2) is 0 Å². The summed E-state index contributed by atoms with van der Waals surface area (Å²) in [6.07, 6.45) is 4.64. The van der Waals surface area contributed by atoms with Crippen molar-refractivity contribution in [3.05, 3.63) is 0 Å². The van der Waals surface area contributed by atoms with E-state index in [1.807, 2.05) is 14.0 Å². The number of carbonyl (C=O) groups is 1. The average molecular weight is 169 g/mol. The Kier molecular flexibility index (Phi) is 3.73. The first-order valence-corrected chi connectivity index (χ1v) is 4.91. The van der Waals surface area contributed by atoms with Gasteiger partial charge in [-0.15, -0.1) is 0 Å². The zero-order valence-corrected chi connectivity index (χ0v) is 8.10. The van der Waals surface area contributed by atoms with E-state index < -0.39 is 0 Å². The summed E-state index contributed by atoms with van der Waals surface area (Å²) in [5.41, 5.74) is 0. The van der Waals surface area contributed by atoms with E-state index in [2.05, 4.69) is 5.32 Å². The number of hydrogen-bond donors (Lipinski definition) is 1. The van der Waals surface area contributed by atoms with Crippen LogP contribution in [0.3, 0.4) is 0 Å². The molecule has 1 fully saturated rings. The Morgan fingerprint density at radius 1 is 1.58 bits per heavy atom. The van der Waals surface area contributed by atoms with E-state index in [1.54, 1.807) is 0 Å². The predicted octanol–water partition coefficient (Wildman–Crippen LogP) is 1.60. The van der Waals surface area contributed by atoms with Gasteiger partial charge in [-0.3, -0.25) is 4.79 Å². The second-order valence-corrected chi connectivity index (χ2v) is 3.91. The van der Waals surface area contributed by atoms with Gasteiger partial charge in [-0.25, -0.2) is 0 Å². The van der Waals surface area contributed by atoms with Crippen LogP contribution >= 0.6 is 0 Å². The molecule has 1 aliphatic rings. The first-order chi connectivity index (χ1) is 5.74. The van der Waals surface area contributed by atoms with Gasteiger partial charge in [-0.2, -0.15) is 0 Å². The lowest BCUT2D eigenvalue weighted by atomic mass is 10.0. The molecule has 1 atom stereocenters. The van der Waals surface area contributed by atoms with Gasteiger partial charge in [0, 0.05) is 18.9 Å². The fourth-order valence-electron chi connectivity index (χ4n) is 1.42. The molecule has 1 N–H and O–H groups in total. The van der Waals surface area contributed by atoms with Gasteiger partial charge >= 0.3 is 0 Å². The molecule has 1 aliphatic carbocycles. The maximum Gasteiger partial charge on any atom is 0.136 e. The molecule has 1 unspecified atom stereocenters. The molecule has 0 spiro atoms. The summed E-state index contributed by atoms with van der Waals surface area (Å²) < 4.78 is 0. The second-order valence-electron chi connectivity index (χ2n) is 3.91. The molecule has 2 nitrogen and oxygen atoms in total. The maximum atomic E-state index is 11.4. The molecule has 0 heterocycles. The molecule has 0 aromatic heterocycles. The quantitative estimate of drug-likeness (QED) is 0.654. The van der Waals surface area contributed by atoms with Crippen molar-refractivity contribution >= 4 is 5.78 Å². The van der Waals surface area contributed by atoms with Crippen LogP contribution in [0.5, 0.6) is 0 Å². The third-order valence-corrected chi connectivity index (χ3v) is 2.56. The number of ketones is 1. The molecule has 0 amide bonds. The Morgan fingerprint density at radius 2 is 2.25 bits per heavy atom. The molecular weight excluding hydrogens is 150 g/mol. The van der Waals surface area contributed by atoms with E-state index in [-0.39, 0.29) is 5.92 Å². The van der Waals surface area contributed by atoms with Gasteiger partial charge in [0.05, 0.1) is 0 Å². The highest BCUT2D eigenvalue weighted by atomic mass is 16.1. The Hall–Kier alpha value is -0.370.